The van der Waals surface area contributed by atoms with Crippen LogP contribution in [0.3, 0.4) is 0 Å². The lowest BCUT2D eigenvalue weighted by atomic mass is 10.1. The number of benzene rings is 2. The van der Waals surface area contributed by atoms with Crippen molar-refractivity contribution in [2.24, 2.45) is 0 Å². The van der Waals surface area contributed by atoms with Crippen molar-refractivity contribution in [1.82, 2.24) is 10.2 Å². The first-order chi connectivity index (χ1) is 14.0. The van der Waals surface area contributed by atoms with Crippen molar-refractivity contribution >= 4 is 23.4 Å². The van der Waals surface area contributed by atoms with E-state index in [1.807, 2.05) is 6.07 Å². The number of carbonyl (C=O) groups excluding carboxylic acids is 1. The zero-order valence-corrected chi connectivity index (χ0v) is 16.4. The summed E-state index contributed by atoms with van der Waals surface area (Å²) in [5.41, 5.74) is 1.28. The van der Waals surface area contributed by atoms with Crippen LogP contribution in [0.2, 0.25) is 0 Å². The number of aromatic nitrogens is 2. The van der Waals surface area contributed by atoms with E-state index >= 15 is 0 Å². The minimum Gasteiger partial charge on any atom is -0.497 e. The smallest absolute Gasteiger partial charge is 0.234 e. The van der Waals surface area contributed by atoms with E-state index in [9.17, 15) is 13.6 Å². The number of anilines is 1. The number of amides is 1. The quantitative estimate of drug-likeness (QED) is 0.582. The van der Waals surface area contributed by atoms with E-state index in [1.165, 1.54) is 6.07 Å². The molecule has 0 aliphatic carbocycles. The molecular formula is C20H17F2N3O3S. The van der Waals surface area contributed by atoms with Gasteiger partial charge in [0.1, 0.15) is 28.2 Å². The Hall–Kier alpha value is -3.20. The number of methoxy groups -OCH3 is 2. The van der Waals surface area contributed by atoms with Crippen LogP contribution in [-0.2, 0) is 4.79 Å². The average Bonchev–Trinajstić information content (AvgIpc) is 2.74. The maximum atomic E-state index is 13.6. The number of hydrogen-bond acceptors (Lipinski definition) is 6. The van der Waals surface area contributed by atoms with E-state index in [0.29, 0.717) is 28.3 Å². The number of nitrogens with zero attached hydrogens (tertiary/aromatic N) is 2. The van der Waals surface area contributed by atoms with Gasteiger partial charge in [-0.1, -0.05) is 11.8 Å². The van der Waals surface area contributed by atoms with Crippen LogP contribution in [0.4, 0.5) is 14.5 Å². The molecule has 150 valence electrons. The molecule has 2 aromatic carbocycles. The fourth-order valence-corrected chi connectivity index (χ4v) is 3.08. The van der Waals surface area contributed by atoms with E-state index in [1.54, 1.807) is 38.5 Å². The Morgan fingerprint density at radius 2 is 1.86 bits per heavy atom. The molecule has 0 spiro atoms. The summed E-state index contributed by atoms with van der Waals surface area (Å²) in [7, 11) is 3.12. The van der Waals surface area contributed by atoms with Gasteiger partial charge in [-0.25, -0.2) is 8.78 Å². The molecule has 0 fully saturated rings. The van der Waals surface area contributed by atoms with Crippen LogP contribution in [-0.4, -0.2) is 36.1 Å². The monoisotopic (exact) mass is 417 g/mol. The van der Waals surface area contributed by atoms with Crippen LogP contribution in [0.5, 0.6) is 11.5 Å². The van der Waals surface area contributed by atoms with Gasteiger partial charge in [-0.15, -0.1) is 10.2 Å². The fourth-order valence-electron chi connectivity index (χ4n) is 2.47. The van der Waals surface area contributed by atoms with Crippen molar-refractivity contribution in [1.29, 1.82) is 0 Å². The molecule has 0 radical (unpaired) electrons. The first kappa shape index (κ1) is 20.5. The first-order valence-electron chi connectivity index (χ1n) is 8.44. The minimum atomic E-state index is -0.832. The summed E-state index contributed by atoms with van der Waals surface area (Å²) in [5, 5.41) is 11.2. The SMILES string of the molecule is COc1ccc(-c2ccc(SCC(=O)Nc3ccc(F)cc3F)nn2)c(OC)c1. The number of nitrogens with one attached hydrogen (secondary N) is 1. The third kappa shape index (κ3) is 5.20. The number of ether oxygens (including phenoxy) is 2. The molecule has 0 aliphatic rings. The molecule has 1 aromatic heterocycles. The summed E-state index contributed by atoms with van der Waals surface area (Å²) >= 11 is 1.14. The summed E-state index contributed by atoms with van der Waals surface area (Å²) < 4.78 is 37.0. The second-order valence-corrected chi connectivity index (χ2v) is 6.78. The number of thioether (sulfide) groups is 1. The van der Waals surface area contributed by atoms with Crippen molar-refractivity contribution in [3.63, 3.8) is 0 Å². The van der Waals surface area contributed by atoms with Gasteiger partial charge in [-0.2, -0.15) is 0 Å². The second kappa shape index (κ2) is 9.33. The lowest BCUT2D eigenvalue weighted by Crippen LogP contribution is -2.15. The van der Waals surface area contributed by atoms with Gasteiger partial charge in [0.15, 0.2) is 0 Å². The highest BCUT2D eigenvalue weighted by Crippen LogP contribution is 2.32. The van der Waals surface area contributed by atoms with Gasteiger partial charge in [0.25, 0.3) is 0 Å². The Bertz CT molecular complexity index is 1020. The molecule has 3 rings (SSSR count). The molecule has 6 nitrogen and oxygen atoms in total. The third-order valence-electron chi connectivity index (χ3n) is 3.88. The van der Waals surface area contributed by atoms with Gasteiger partial charge in [-0.05, 0) is 36.4 Å². The van der Waals surface area contributed by atoms with E-state index in [-0.39, 0.29) is 11.4 Å². The van der Waals surface area contributed by atoms with Gasteiger partial charge in [0, 0.05) is 17.7 Å². The normalized spacial score (nSPS) is 10.5. The molecule has 0 atom stereocenters. The Morgan fingerprint density at radius 1 is 1.03 bits per heavy atom. The van der Waals surface area contributed by atoms with Crippen LogP contribution >= 0.6 is 11.8 Å². The number of hydrogen-bond donors (Lipinski definition) is 1. The van der Waals surface area contributed by atoms with Crippen molar-refractivity contribution in [3.8, 4) is 22.8 Å². The minimum absolute atomic E-state index is 0.00327. The highest BCUT2D eigenvalue weighted by atomic mass is 32.2. The molecule has 0 bridgehead atoms. The first-order valence-corrected chi connectivity index (χ1v) is 9.42. The zero-order chi connectivity index (χ0) is 20.8. The molecule has 0 saturated heterocycles. The van der Waals surface area contributed by atoms with Crippen molar-refractivity contribution in [3.05, 3.63) is 60.2 Å². The summed E-state index contributed by atoms with van der Waals surface area (Å²) in [6.45, 7) is 0. The standard InChI is InChI=1S/C20H17F2N3O3S/c1-27-13-4-5-14(18(10-13)28-2)16-7-8-20(25-24-16)29-11-19(26)23-17-6-3-12(21)9-15(17)22/h3-10H,11H2,1-2H3,(H,23,26). The lowest BCUT2D eigenvalue weighted by molar-refractivity contribution is -0.113. The number of rotatable bonds is 7. The van der Waals surface area contributed by atoms with Crippen molar-refractivity contribution < 1.29 is 23.0 Å². The molecule has 29 heavy (non-hydrogen) atoms. The molecule has 0 saturated carbocycles. The lowest BCUT2D eigenvalue weighted by Gasteiger charge is -2.10. The van der Waals surface area contributed by atoms with Gasteiger partial charge < -0.3 is 14.8 Å². The van der Waals surface area contributed by atoms with Crippen molar-refractivity contribution in [2.45, 2.75) is 5.03 Å². The summed E-state index contributed by atoms with van der Waals surface area (Å²) in [6.07, 6.45) is 0. The summed E-state index contributed by atoms with van der Waals surface area (Å²) in [5.74, 6) is -0.728. The predicted molar refractivity (Wildman–Crippen MR) is 106 cm³/mol. The molecule has 9 heteroatoms. The highest BCUT2D eigenvalue weighted by Gasteiger charge is 2.12. The van der Waals surface area contributed by atoms with Crippen molar-refractivity contribution in [2.75, 3.05) is 25.3 Å². The zero-order valence-electron chi connectivity index (χ0n) is 15.6. The molecule has 0 aliphatic heterocycles. The maximum Gasteiger partial charge on any atom is 0.234 e. The molecule has 1 heterocycles. The second-order valence-electron chi connectivity index (χ2n) is 5.78. The molecule has 1 N–H and O–H groups in total. The maximum absolute atomic E-state index is 13.6. The predicted octanol–water partition coefficient (Wildman–Crippen LogP) is 4.17. The van der Waals surface area contributed by atoms with Gasteiger partial charge >= 0.3 is 0 Å². The Balaban J connectivity index is 1.63. The van der Waals surface area contributed by atoms with E-state index in [4.69, 9.17) is 9.47 Å². The van der Waals surface area contributed by atoms with Gasteiger partial charge in [0.05, 0.1) is 31.4 Å². The number of halogens is 2. The van der Waals surface area contributed by atoms with Crippen LogP contribution < -0.4 is 14.8 Å². The molecular weight excluding hydrogens is 400 g/mol. The Kier molecular flexibility index (Phi) is 6.61. The Labute approximate surface area is 170 Å². The fraction of sp³-hybridized carbons (Fsp3) is 0.150. The molecule has 0 unspecified atom stereocenters. The molecule has 3 aromatic rings. The van der Waals surface area contributed by atoms with E-state index < -0.39 is 17.5 Å². The summed E-state index contributed by atoms with van der Waals surface area (Å²) in [4.78, 5) is 12.0. The van der Waals surface area contributed by atoms with Crippen LogP contribution in [0.15, 0.2) is 53.6 Å². The summed E-state index contributed by atoms with van der Waals surface area (Å²) in [6, 6.07) is 11.8. The number of carbonyl (C=O) groups is 1. The largest absolute Gasteiger partial charge is 0.497 e. The van der Waals surface area contributed by atoms with Crippen LogP contribution in [0.1, 0.15) is 0 Å². The van der Waals surface area contributed by atoms with Crippen LogP contribution in [0, 0.1) is 11.6 Å². The third-order valence-corrected chi connectivity index (χ3v) is 4.80. The average molecular weight is 417 g/mol. The van der Waals surface area contributed by atoms with E-state index in [0.717, 1.165) is 23.4 Å². The van der Waals surface area contributed by atoms with E-state index in [2.05, 4.69) is 15.5 Å². The van der Waals surface area contributed by atoms with Gasteiger partial charge in [0.2, 0.25) is 5.91 Å². The molecule has 1 amide bonds. The topological polar surface area (TPSA) is 73.3 Å². The Morgan fingerprint density at radius 3 is 2.52 bits per heavy atom. The van der Waals surface area contributed by atoms with Crippen LogP contribution in [0.25, 0.3) is 11.3 Å². The highest BCUT2D eigenvalue weighted by molar-refractivity contribution is 7.99. The van der Waals surface area contributed by atoms with Gasteiger partial charge in [-0.3, -0.25) is 4.79 Å².